The molecule has 2 aliphatic heterocycles. The van der Waals surface area contributed by atoms with Gasteiger partial charge in [-0.3, -0.25) is 19.0 Å². The maximum Gasteiger partial charge on any atom is 0.259 e. The molecule has 62 heavy (non-hydrogen) atoms. The fraction of sp³-hybridized carbons (Fsp3) is 0.333. The van der Waals surface area contributed by atoms with Crippen molar-refractivity contribution in [2.45, 2.75) is 25.8 Å². The maximum absolute atomic E-state index is 14.6. The number of fused-ring (bicyclic) bond motifs is 1. The Labute approximate surface area is 359 Å². The molecule has 0 unspecified atom stereocenters. The first kappa shape index (κ1) is 42.5. The first-order chi connectivity index (χ1) is 30.0. The number of anilines is 4. The average molecular weight is 866 g/mol. The van der Waals surface area contributed by atoms with Crippen molar-refractivity contribution in [2.24, 2.45) is 0 Å². The van der Waals surface area contributed by atoms with E-state index in [1.165, 1.54) is 12.3 Å². The van der Waals surface area contributed by atoms with E-state index < -0.39 is 33.1 Å². The van der Waals surface area contributed by atoms with Gasteiger partial charge in [0.05, 0.1) is 47.8 Å². The van der Waals surface area contributed by atoms with Crippen LogP contribution in [0.1, 0.15) is 30.1 Å². The number of nitrogens with zero attached hydrogens (tertiary/aromatic N) is 7. The Morgan fingerprint density at radius 2 is 1.66 bits per heavy atom. The monoisotopic (exact) mass is 865 g/mol. The highest BCUT2D eigenvalue weighted by molar-refractivity contribution is 7.90. The Bertz CT molecular complexity index is 2660. The minimum absolute atomic E-state index is 0.0684. The van der Waals surface area contributed by atoms with Crippen molar-refractivity contribution in [1.82, 2.24) is 29.2 Å². The van der Waals surface area contributed by atoms with Crippen LogP contribution in [0.3, 0.4) is 0 Å². The van der Waals surface area contributed by atoms with Crippen LogP contribution in [0.25, 0.3) is 28.3 Å². The highest BCUT2D eigenvalue weighted by Crippen LogP contribution is 2.37. The molecule has 0 radical (unpaired) electrons. The minimum Gasteiger partial charge on any atom is -0.494 e. The number of ether oxygens (including phenoxy) is 2. The van der Waals surface area contributed by atoms with Crippen molar-refractivity contribution in [2.75, 3.05) is 87.1 Å². The molecule has 3 aromatic carbocycles. The highest BCUT2D eigenvalue weighted by Gasteiger charge is 2.29. The second kappa shape index (κ2) is 18.4. The fourth-order valence-corrected chi connectivity index (χ4v) is 8.75. The molecule has 0 saturated carbocycles. The molecular formula is C45H49F2N9O5S. The number of carbonyl (C=O) groups is 1. The van der Waals surface area contributed by atoms with E-state index in [-0.39, 0.29) is 23.7 Å². The summed E-state index contributed by atoms with van der Waals surface area (Å²) in [6, 6.07) is 22.3. The highest BCUT2D eigenvalue weighted by atomic mass is 32.2. The molecule has 8 rings (SSSR count). The molecule has 17 heteroatoms. The third-order valence-corrected chi connectivity index (χ3v) is 12.3. The van der Waals surface area contributed by atoms with Crippen LogP contribution in [0.2, 0.25) is 0 Å². The summed E-state index contributed by atoms with van der Waals surface area (Å²) in [5.74, 6) is -1.15. The number of rotatable bonds is 14. The van der Waals surface area contributed by atoms with Crippen molar-refractivity contribution in [3.8, 4) is 34.1 Å². The molecule has 5 heterocycles. The number of methoxy groups -OCH3 is 1. The number of hydrogen-bond donors (Lipinski definition) is 2. The SMILES string of the molecule is CCOc1ccc(-c2nc3ccccn3c2-c2ccnc(Nc3ccc(N4CCC(N5CCN(CCS(C)(=O)=O)CC5)CC4)cc3OC)n2)cc1C(=O)Nc1c(F)cccc1F. The molecule has 0 spiro atoms. The molecule has 2 N–H and O–H groups in total. The van der Waals surface area contributed by atoms with Gasteiger partial charge in [-0.1, -0.05) is 12.1 Å². The first-order valence-electron chi connectivity index (χ1n) is 20.6. The second-order valence-corrected chi connectivity index (χ2v) is 17.7. The lowest BCUT2D eigenvalue weighted by Gasteiger charge is -2.43. The van der Waals surface area contributed by atoms with Gasteiger partial charge in [-0.05, 0) is 80.4 Å². The summed E-state index contributed by atoms with van der Waals surface area (Å²) < 4.78 is 65.9. The number of para-hydroxylation sites is 1. The lowest BCUT2D eigenvalue weighted by molar-refractivity contribution is 0.0882. The number of nitrogens with one attached hydrogen (secondary N) is 2. The standard InChI is InChI=1S/C45H49F2N9O5S/c1-4-61-38-14-11-30(28-33(38)44(57)52-42-34(46)8-7-9-35(42)47)41-43(56-19-6-5-10-40(56)51-41)37-15-18-48-45(50-37)49-36-13-12-32(29-39(36)60-2)54-20-16-31(17-21-54)55-24-22-53(23-25-55)26-27-62(3,58)59/h5-15,18-19,28-29,31H,4,16-17,20-27H2,1-3H3,(H,52,57)(H,48,49,50). The number of imidazole rings is 1. The van der Waals surface area contributed by atoms with Crippen molar-refractivity contribution in [3.05, 3.63) is 108 Å². The molecule has 2 fully saturated rings. The second-order valence-electron chi connectivity index (χ2n) is 15.4. The summed E-state index contributed by atoms with van der Waals surface area (Å²) in [4.78, 5) is 35.2. The van der Waals surface area contributed by atoms with E-state index in [1.807, 2.05) is 40.9 Å². The summed E-state index contributed by atoms with van der Waals surface area (Å²) in [6.07, 6.45) is 6.89. The van der Waals surface area contributed by atoms with Gasteiger partial charge >= 0.3 is 0 Å². The molecule has 1 amide bonds. The van der Waals surface area contributed by atoms with Crippen LogP contribution in [0.4, 0.5) is 31.8 Å². The lowest BCUT2D eigenvalue weighted by atomic mass is 10.0. The van der Waals surface area contributed by atoms with Gasteiger partial charge in [0, 0.05) is 87.8 Å². The molecule has 3 aromatic heterocycles. The van der Waals surface area contributed by atoms with E-state index in [9.17, 15) is 22.0 Å². The van der Waals surface area contributed by atoms with Crippen LogP contribution in [-0.2, 0) is 9.84 Å². The zero-order valence-electron chi connectivity index (χ0n) is 34.9. The van der Waals surface area contributed by atoms with Gasteiger partial charge in [0.2, 0.25) is 5.95 Å². The van der Waals surface area contributed by atoms with Crippen molar-refractivity contribution in [3.63, 3.8) is 0 Å². The molecule has 14 nitrogen and oxygen atoms in total. The molecule has 6 aromatic rings. The van der Waals surface area contributed by atoms with E-state index in [4.69, 9.17) is 19.4 Å². The zero-order valence-corrected chi connectivity index (χ0v) is 35.7. The number of amides is 1. The summed E-state index contributed by atoms with van der Waals surface area (Å²) in [6.45, 7) is 8.14. The largest absolute Gasteiger partial charge is 0.494 e. The molecule has 2 saturated heterocycles. The van der Waals surface area contributed by atoms with Crippen LogP contribution >= 0.6 is 0 Å². The number of piperidine rings is 1. The lowest BCUT2D eigenvalue weighted by Crippen LogP contribution is -2.53. The quantitative estimate of drug-likeness (QED) is 0.119. The summed E-state index contributed by atoms with van der Waals surface area (Å²) >= 11 is 0. The molecule has 324 valence electrons. The predicted octanol–water partition coefficient (Wildman–Crippen LogP) is 6.77. The number of piperazine rings is 1. The van der Waals surface area contributed by atoms with E-state index >= 15 is 0 Å². The van der Waals surface area contributed by atoms with E-state index in [2.05, 4.69) is 36.4 Å². The Balaban J connectivity index is 1.00. The van der Waals surface area contributed by atoms with Gasteiger partial charge in [0.1, 0.15) is 44.3 Å². The number of sulfone groups is 1. The van der Waals surface area contributed by atoms with Crippen LogP contribution < -0.4 is 25.0 Å². The van der Waals surface area contributed by atoms with Crippen LogP contribution in [0.5, 0.6) is 11.5 Å². The van der Waals surface area contributed by atoms with Crippen LogP contribution in [0.15, 0.2) is 91.3 Å². The third-order valence-electron chi connectivity index (χ3n) is 11.4. The van der Waals surface area contributed by atoms with Gasteiger partial charge in [0.25, 0.3) is 5.91 Å². The van der Waals surface area contributed by atoms with Gasteiger partial charge in [-0.25, -0.2) is 32.2 Å². The van der Waals surface area contributed by atoms with Gasteiger partial charge in [0.15, 0.2) is 0 Å². The number of halogens is 2. The summed E-state index contributed by atoms with van der Waals surface area (Å²) in [5, 5.41) is 5.72. The van der Waals surface area contributed by atoms with Crippen molar-refractivity contribution < 1.29 is 31.5 Å². The summed E-state index contributed by atoms with van der Waals surface area (Å²) in [5.41, 5.74) is 4.10. The maximum atomic E-state index is 14.6. The molecule has 2 aliphatic rings. The fourth-order valence-electron chi connectivity index (χ4n) is 8.16. The number of carbonyl (C=O) groups excluding carboxylic acids is 1. The van der Waals surface area contributed by atoms with Crippen LogP contribution in [0, 0.1) is 11.6 Å². The van der Waals surface area contributed by atoms with Crippen molar-refractivity contribution >= 4 is 44.4 Å². The Morgan fingerprint density at radius 3 is 2.39 bits per heavy atom. The molecule has 0 aliphatic carbocycles. The first-order valence-corrected chi connectivity index (χ1v) is 22.7. The predicted molar refractivity (Wildman–Crippen MR) is 236 cm³/mol. The van der Waals surface area contributed by atoms with Crippen molar-refractivity contribution in [1.29, 1.82) is 0 Å². The van der Waals surface area contributed by atoms with Gasteiger partial charge in [-0.15, -0.1) is 0 Å². The zero-order chi connectivity index (χ0) is 43.4. The van der Waals surface area contributed by atoms with Crippen LogP contribution in [-0.4, -0.2) is 121 Å². The summed E-state index contributed by atoms with van der Waals surface area (Å²) in [7, 11) is -1.33. The van der Waals surface area contributed by atoms with E-state index in [1.54, 1.807) is 44.5 Å². The minimum atomic E-state index is -2.97. The molecule has 0 bridgehead atoms. The number of hydrogen-bond acceptors (Lipinski definition) is 12. The molecular weight excluding hydrogens is 817 g/mol. The number of pyridine rings is 1. The Kier molecular flexibility index (Phi) is 12.6. The van der Waals surface area contributed by atoms with Gasteiger partial charge < -0.3 is 25.0 Å². The Morgan fingerprint density at radius 1 is 0.887 bits per heavy atom. The topological polar surface area (TPSA) is 147 Å². The normalized spacial score (nSPS) is 15.5. The van der Waals surface area contributed by atoms with Gasteiger partial charge in [-0.2, -0.15) is 0 Å². The molecule has 0 atom stereocenters. The Hall–Kier alpha value is -6.17. The average Bonchev–Trinajstić information content (AvgIpc) is 3.67. The van der Waals surface area contributed by atoms with E-state index in [0.717, 1.165) is 69.9 Å². The smallest absolute Gasteiger partial charge is 0.259 e. The number of aromatic nitrogens is 4. The van der Waals surface area contributed by atoms with E-state index in [0.29, 0.717) is 58.3 Å². The number of benzene rings is 3. The third kappa shape index (κ3) is 9.49.